The zero-order valence-electron chi connectivity index (χ0n) is 17.3. The highest BCUT2D eigenvalue weighted by molar-refractivity contribution is 6.30. The lowest BCUT2D eigenvalue weighted by Gasteiger charge is -2.38. The standard InChI is InChI=1S/C22H30ClN5O/c1-3-19-12-16(2)24-22(25-19)28-14-20(21(29)15-28)27-10-8-26(9-11-27)13-17-4-6-18(23)7-5-17/h4-7,12,20-21,29H,3,8-11,13-15H2,1-2H3/t20-,21-/m1/s1. The van der Waals surface area contributed by atoms with Crippen molar-refractivity contribution in [2.45, 2.75) is 39.0 Å². The number of piperazine rings is 1. The highest BCUT2D eigenvalue weighted by atomic mass is 35.5. The van der Waals surface area contributed by atoms with Crippen LogP contribution in [0.15, 0.2) is 30.3 Å². The van der Waals surface area contributed by atoms with Crippen LogP contribution in [0.5, 0.6) is 0 Å². The Morgan fingerprint density at radius 3 is 2.48 bits per heavy atom. The number of aryl methyl sites for hydroxylation is 2. The van der Waals surface area contributed by atoms with E-state index in [-0.39, 0.29) is 12.1 Å². The number of aromatic nitrogens is 2. The predicted octanol–water partition coefficient (Wildman–Crippen LogP) is 2.37. The summed E-state index contributed by atoms with van der Waals surface area (Å²) in [4.78, 5) is 16.3. The molecule has 2 aromatic rings. The first-order valence-corrected chi connectivity index (χ1v) is 10.9. The molecule has 1 aromatic carbocycles. The summed E-state index contributed by atoms with van der Waals surface area (Å²) < 4.78 is 0. The maximum atomic E-state index is 10.7. The van der Waals surface area contributed by atoms with Gasteiger partial charge in [-0.25, -0.2) is 9.97 Å². The molecule has 2 aliphatic heterocycles. The molecule has 0 bridgehead atoms. The molecule has 7 heteroatoms. The van der Waals surface area contributed by atoms with E-state index in [1.165, 1.54) is 5.56 Å². The third-order valence-electron chi connectivity index (χ3n) is 5.99. The van der Waals surface area contributed by atoms with Crippen LogP contribution in [0.3, 0.4) is 0 Å². The van der Waals surface area contributed by atoms with Crippen LogP contribution < -0.4 is 4.90 Å². The minimum Gasteiger partial charge on any atom is -0.390 e. The normalized spacial score (nSPS) is 23.7. The Morgan fingerprint density at radius 1 is 1.07 bits per heavy atom. The molecule has 156 valence electrons. The smallest absolute Gasteiger partial charge is 0.225 e. The largest absolute Gasteiger partial charge is 0.390 e. The Bertz CT molecular complexity index is 822. The molecule has 2 fully saturated rings. The molecule has 2 saturated heterocycles. The first-order chi connectivity index (χ1) is 14.0. The lowest BCUT2D eigenvalue weighted by Crippen LogP contribution is -2.53. The van der Waals surface area contributed by atoms with Gasteiger partial charge in [-0.1, -0.05) is 30.7 Å². The molecule has 2 aliphatic rings. The Kier molecular flexibility index (Phi) is 6.35. The Labute approximate surface area is 178 Å². The molecule has 0 amide bonds. The van der Waals surface area contributed by atoms with Gasteiger partial charge in [-0.15, -0.1) is 0 Å². The van der Waals surface area contributed by atoms with Crippen LogP contribution in [-0.4, -0.2) is 76.3 Å². The van der Waals surface area contributed by atoms with Crippen LogP contribution in [0.4, 0.5) is 5.95 Å². The monoisotopic (exact) mass is 415 g/mol. The summed E-state index contributed by atoms with van der Waals surface area (Å²) in [5.41, 5.74) is 3.33. The molecule has 6 nitrogen and oxygen atoms in total. The van der Waals surface area contributed by atoms with Gasteiger partial charge in [-0.05, 0) is 37.1 Å². The van der Waals surface area contributed by atoms with E-state index < -0.39 is 0 Å². The van der Waals surface area contributed by atoms with Gasteiger partial charge in [-0.2, -0.15) is 0 Å². The van der Waals surface area contributed by atoms with Crippen molar-refractivity contribution in [3.05, 3.63) is 52.3 Å². The number of anilines is 1. The molecule has 3 heterocycles. The fourth-order valence-corrected chi connectivity index (χ4v) is 4.46. The van der Waals surface area contributed by atoms with E-state index in [0.29, 0.717) is 6.54 Å². The Hall–Kier alpha value is -1.73. The number of hydrogen-bond acceptors (Lipinski definition) is 6. The molecule has 2 atom stereocenters. The average molecular weight is 416 g/mol. The van der Waals surface area contributed by atoms with Crippen molar-refractivity contribution >= 4 is 17.5 Å². The van der Waals surface area contributed by atoms with Crippen molar-refractivity contribution in [2.24, 2.45) is 0 Å². The third kappa shape index (κ3) is 4.89. The number of nitrogens with zero attached hydrogens (tertiary/aromatic N) is 5. The quantitative estimate of drug-likeness (QED) is 0.809. The van der Waals surface area contributed by atoms with E-state index in [1.807, 2.05) is 25.1 Å². The van der Waals surface area contributed by atoms with Crippen molar-refractivity contribution in [1.29, 1.82) is 0 Å². The van der Waals surface area contributed by atoms with Gasteiger partial charge in [0.2, 0.25) is 5.95 Å². The molecule has 0 spiro atoms. The minimum absolute atomic E-state index is 0.141. The molecule has 0 saturated carbocycles. The SMILES string of the molecule is CCc1cc(C)nc(N2C[C@@H](O)[C@H](N3CCN(Cc4ccc(Cl)cc4)CC3)C2)n1. The zero-order valence-corrected chi connectivity index (χ0v) is 18.0. The second-order valence-corrected chi connectivity index (χ2v) is 8.57. The fourth-order valence-electron chi connectivity index (χ4n) is 4.33. The topological polar surface area (TPSA) is 55.7 Å². The predicted molar refractivity (Wildman–Crippen MR) is 116 cm³/mol. The molecular weight excluding hydrogens is 386 g/mol. The number of benzene rings is 1. The van der Waals surface area contributed by atoms with Crippen molar-refractivity contribution < 1.29 is 5.11 Å². The van der Waals surface area contributed by atoms with E-state index in [4.69, 9.17) is 11.6 Å². The van der Waals surface area contributed by atoms with Crippen molar-refractivity contribution in [2.75, 3.05) is 44.2 Å². The van der Waals surface area contributed by atoms with Crippen LogP contribution in [0.2, 0.25) is 5.02 Å². The van der Waals surface area contributed by atoms with Gasteiger partial charge in [0.1, 0.15) is 0 Å². The van der Waals surface area contributed by atoms with E-state index in [9.17, 15) is 5.11 Å². The number of rotatable bonds is 5. The van der Waals surface area contributed by atoms with Gasteiger partial charge in [0, 0.05) is 62.2 Å². The summed E-state index contributed by atoms with van der Waals surface area (Å²) in [7, 11) is 0. The van der Waals surface area contributed by atoms with E-state index in [1.54, 1.807) is 0 Å². The number of halogens is 1. The molecule has 4 rings (SSSR count). The van der Waals surface area contributed by atoms with Crippen LogP contribution in [0.25, 0.3) is 0 Å². The maximum absolute atomic E-state index is 10.7. The summed E-state index contributed by atoms with van der Waals surface area (Å²) in [6.45, 7) is 10.4. The number of aliphatic hydroxyl groups excluding tert-OH is 1. The molecule has 1 aromatic heterocycles. The molecule has 0 aliphatic carbocycles. The van der Waals surface area contributed by atoms with Crippen LogP contribution in [0.1, 0.15) is 23.9 Å². The number of hydrogen-bond donors (Lipinski definition) is 1. The van der Waals surface area contributed by atoms with Crippen LogP contribution >= 0.6 is 11.6 Å². The summed E-state index contributed by atoms with van der Waals surface area (Å²) in [5.74, 6) is 0.754. The van der Waals surface area contributed by atoms with E-state index in [2.05, 4.69) is 43.7 Å². The summed E-state index contributed by atoms with van der Waals surface area (Å²) >= 11 is 5.98. The van der Waals surface area contributed by atoms with Gasteiger partial charge in [0.15, 0.2) is 0 Å². The molecule has 29 heavy (non-hydrogen) atoms. The lowest BCUT2D eigenvalue weighted by molar-refractivity contribution is 0.0424. The lowest BCUT2D eigenvalue weighted by atomic mass is 10.1. The first kappa shape index (κ1) is 20.5. The highest BCUT2D eigenvalue weighted by Gasteiger charge is 2.37. The number of aliphatic hydroxyl groups is 1. The highest BCUT2D eigenvalue weighted by Crippen LogP contribution is 2.23. The Balaban J connectivity index is 1.34. The minimum atomic E-state index is -0.369. The van der Waals surface area contributed by atoms with Gasteiger partial charge in [0.05, 0.1) is 12.1 Å². The molecule has 1 N–H and O–H groups in total. The second-order valence-electron chi connectivity index (χ2n) is 8.13. The summed E-state index contributed by atoms with van der Waals surface area (Å²) in [5, 5.41) is 11.5. The maximum Gasteiger partial charge on any atom is 0.225 e. The second kappa shape index (κ2) is 8.96. The number of β-amino-alcohol motifs (C(OH)–C–C–N with tert-alkyl or cyclic N) is 1. The first-order valence-electron chi connectivity index (χ1n) is 10.5. The van der Waals surface area contributed by atoms with Gasteiger partial charge >= 0.3 is 0 Å². The summed E-state index contributed by atoms with van der Waals surface area (Å²) in [6.07, 6.45) is 0.526. The van der Waals surface area contributed by atoms with Gasteiger partial charge in [-0.3, -0.25) is 9.80 Å². The van der Waals surface area contributed by atoms with Crippen molar-refractivity contribution in [1.82, 2.24) is 19.8 Å². The molecule has 0 radical (unpaired) electrons. The van der Waals surface area contributed by atoms with Crippen LogP contribution in [0, 0.1) is 6.92 Å². The molecular formula is C22H30ClN5O. The fraction of sp³-hybridized carbons (Fsp3) is 0.545. The summed E-state index contributed by atoms with van der Waals surface area (Å²) in [6, 6.07) is 10.3. The van der Waals surface area contributed by atoms with Crippen molar-refractivity contribution in [3.8, 4) is 0 Å². The molecule has 0 unspecified atom stereocenters. The van der Waals surface area contributed by atoms with Gasteiger partial charge in [0.25, 0.3) is 0 Å². The van der Waals surface area contributed by atoms with Crippen molar-refractivity contribution in [3.63, 3.8) is 0 Å². The third-order valence-corrected chi connectivity index (χ3v) is 6.25. The van der Waals surface area contributed by atoms with Gasteiger partial charge < -0.3 is 10.0 Å². The van der Waals surface area contributed by atoms with Crippen LogP contribution in [-0.2, 0) is 13.0 Å². The average Bonchev–Trinajstić information content (AvgIpc) is 3.11. The van der Waals surface area contributed by atoms with E-state index >= 15 is 0 Å². The zero-order chi connectivity index (χ0) is 20.4. The Morgan fingerprint density at radius 2 is 1.79 bits per heavy atom. The van der Waals surface area contributed by atoms with E-state index in [0.717, 1.165) is 68.0 Å².